The fourth-order valence-corrected chi connectivity index (χ4v) is 4.88. The van der Waals surface area contributed by atoms with Crippen LogP contribution in [-0.4, -0.2) is 22.7 Å². The molecule has 0 bridgehead atoms. The Morgan fingerprint density at radius 3 is 2.59 bits per heavy atom. The number of anilines is 2. The van der Waals surface area contributed by atoms with Crippen LogP contribution < -0.4 is 15.0 Å². The van der Waals surface area contributed by atoms with E-state index in [0.717, 1.165) is 26.9 Å². The van der Waals surface area contributed by atoms with Crippen LogP contribution in [0.5, 0.6) is 5.75 Å². The molecule has 0 spiro atoms. The second-order valence-corrected chi connectivity index (χ2v) is 10.3. The van der Waals surface area contributed by atoms with E-state index in [9.17, 15) is 9.59 Å². The number of halogens is 1. The van der Waals surface area contributed by atoms with Gasteiger partial charge in [-0.05, 0) is 79.1 Å². The predicted molar refractivity (Wildman–Crippen MR) is 146 cm³/mol. The number of thiocarbonyl (C=S) groups is 1. The highest BCUT2D eigenvalue weighted by molar-refractivity contribution is 9.10. The van der Waals surface area contributed by atoms with Crippen LogP contribution in [0.15, 0.2) is 76.1 Å². The Labute approximate surface area is 216 Å². The summed E-state index contributed by atoms with van der Waals surface area (Å²) in [4.78, 5) is 27.3. The average Bonchev–Trinajstić information content (AvgIpc) is 3.08. The molecule has 0 unspecified atom stereocenters. The Morgan fingerprint density at radius 2 is 1.88 bits per heavy atom. The Bertz CT molecular complexity index is 1310. The number of carbonyl (C=O) groups is 2. The molecule has 3 aromatic rings. The van der Waals surface area contributed by atoms with Crippen molar-refractivity contribution in [2.45, 2.75) is 13.8 Å². The number of aryl methyl sites for hydroxylation is 2. The van der Waals surface area contributed by atoms with E-state index in [1.165, 1.54) is 11.8 Å². The van der Waals surface area contributed by atoms with E-state index >= 15 is 0 Å². The highest BCUT2D eigenvalue weighted by Crippen LogP contribution is 2.36. The molecular formula is C26H21BrN2O3S2. The Kier molecular flexibility index (Phi) is 7.50. The highest BCUT2D eigenvalue weighted by Gasteiger charge is 2.33. The minimum absolute atomic E-state index is 0.108. The Hall–Kier alpha value is -2.94. The quantitative estimate of drug-likeness (QED) is 0.280. The molecule has 1 aliphatic rings. The smallest absolute Gasteiger partial charge is 0.270 e. The van der Waals surface area contributed by atoms with Gasteiger partial charge < -0.3 is 10.1 Å². The lowest BCUT2D eigenvalue weighted by molar-refractivity contribution is -0.118. The van der Waals surface area contributed by atoms with Crippen molar-refractivity contribution in [2.75, 3.05) is 16.8 Å². The van der Waals surface area contributed by atoms with Crippen molar-refractivity contribution in [3.63, 3.8) is 0 Å². The van der Waals surface area contributed by atoms with Crippen molar-refractivity contribution in [2.24, 2.45) is 0 Å². The number of hydrogen-bond acceptors (Lipinski definition) is 5. The van der Waals surface area contributed by atoms with E-state index < -0.39 is 0 Å². The van der Waals surface area contributed by atoms with Gasteiger partial charge in [0.05, 0.1) is 10.6 Å². The van der Waals surface area contributed by atoms with Crippen LogP contribution in [0, 0.1) is 13.8 Å². The molecule has 1 saturated heterocycles. The maximum atomic E-state index is 12.9. The summed E-state index contributed by atoms with van der Waals surface area (Å²) in [5, 5.41) is 2.82. The Morgan fingerprint density at radius 1 is 1.12 bits per heavy atom. The van der Waals surface area contributed by atoms with Gasteiger partial charge in [-0.2, -0.15) is 0 Å². The van der Waals surface area contributed by atoms with Gasteiger partial charge >= 0.3 is 0 Å². The second-order valence-electron chi connectivity index (χ2n) is 7.73. The number of nitrogens with zero attached hydrogens (tertiary/aromatic N) is 1. The summed E-state index contributed by atoms with van der Waals surface area (Å²) in [7, 11) is 0. The fraction of sp³-hybridized carbons (Fsp3) is 0.115. The van der Waals surface area contributed by atoms with E-state index in [4.69, 9.17) is 17.0 Å². The zero-order chi connectivity index (χ0) is 24.2. The van der Waals surface area contributed by atoms with Crippen molar-refractivity contribution in [3.05, 3.63) is 92.8 Å². The largest absolute Gasteiger partial charge is 0.484 e. The van der Waals surface area contributed by atoms with Crippen molar-refractivity contribution in [1.82, 2.24) is 0 Å². The lowest BCUT2D eigenvalue weighted by Crippen LogP contribution is -2.27. The van der Waals surface area contributed by atoms with Crippen LogP contribution in [0.1, 0.15) is 16.7 Å². The summed E-state index contributed by atoms with van der Waals surface area (Å²) in [6.07, 6.45) is 1.81. The number of benzene rings is 3. The summed E-state index contributed by atoms with van der Waals surface area (Å²) in [6, 6.07) is 20.5. The molecule has 4 rings (SSSR count). The first-order valence-electron chi connectivity index (χ1n) is 10.4. The van der Waals surface area contributed by atoms with Gasteiger partial charge in [0.2, 0.25) is 0 Å². The molecule has 34 heavy (non-hydrogen) atoms. The van der Waals surface area contributed by atoms with Crippen molar-refractivity contribution < 1.29 is 14.3 Å². The van der Waals surface area contributed by atoms with Crippen LogP contribution in [0.3, 0.4) is 0 Å². The summed E-state index contributed by atoms with van der Waals surface area (Å²) in [5.41, 5.74) is 4.42. The van der Waals surface area contributed by atoms with Crippen molar-refractivity contribution >= 4 is 73.5 Å². The molecule has 5 nitrogen and oxygen atoms in total. The molecule has 0 atom stereocenters. The number of thioether (sulfide) groups is 1. The van der Waals surface area contributed by atoms with Crippen molar-refractivity contribution in [3.8, 4) is 5.75 Å². The molecule has 1 heterocycles. The topological polar surface area (TPSA) is 58.6 Å². The highest BCUT2D eigenvalue weighted by atomic mass is 79.9. The van der Waals surface area contributed by atoms with Gasteiger partial charge in [-0.15, -0.1) is 0 Å². The zero-order valence-corrected chi connectivity index (χ0v) is 21.7. The third-order valence-electron chi connectivity index (χ3n) is 5.04. The number of carbonyl (C=O) groups excluding carboxylic acids is 2. The van der Waals surface area contributed by atoms with Gasteiger partial charge in [-0.3, -0.25) is 14.5 Å². The summed E-state index contributed by atoms with van der Waals surface area (Å²) >= 11 is 10.2. The first-order valence-corrected chi connectivity index (χ1v) is 12.5. The molecule has 1 fully saturated rings. The maximum Gasteiger partial charge on any atom is 0.270 e. The molecule has 1 aliphatic heterocycles. The van der Waals surface area contributed by atoms with E-state index in [1.54, 1.807) is 23.1 Å². The third kappa shape index (κ3) is 5.75. The molecule has 0 radical (unpaired) electrons. The average molecular weight is 554 g/mol. The third-order valence-corrected chi connectivity index (χ3v) is 7.23. The first kappa shape index (κ1) is 24.2. The molecule has 0 saturated carbocycles. The minimum Gasteiger partial charge on any atom is -0.484 e. The predicted octanol–water partition coefficient (Wildman–Crippen LogP) is 6.49. The van der Waals surface area contributed by atoms with Gasteiger partial charge in [0.15, 0.2) is 10.9 Å². The molecule has 0 aliphatic carbocycles. The molecule has 3 aromatic carbocycles. The van der Waals surface area contributed by atoms with Crippen LogP contribution in [-0.2, 0) is 9.59 Å². The van der Waals surface area contributed by atoms with Crippen LogP contribution in [0.2, 0.25) is 0 Å². The van der Waals surface area contributed by atoms with Gasteiger partial charge in [-0.25, -0.2) is 0 Å². The molecular weight excluding hydrogens is 532 g/mol. The molecule has 1 N–H and O–H groups in total. The van der Waals surface area contributed by atoms with Crippen LogP contribution >= 0.6 is 39.9 Å². The Balaban J connectivity index is 1.37. The van der Waals surface area contributed by atoms with E-state index in [-0.39, 0.29) is 18.4 Å². The summed E-state index contributed by atoms with van der Waals surface area (Å²) in [5.74, 6) is 0.179. The van der Waals surface area contributed by atoms with Gasteiger partial charge in [0.25, 0.3) is 11.8 Å². The minimum atomic E-state index is -0.245. The second kappa shape index (κ2) is 10.5. The SMILES string of the molecule is Cc1cccc(N2C(=O)/C(=C/c3ccc(OCC(=O)Nc4ccc(Br)c(C)c4)cc3)SC2=S)c1. The van der Waals surface area contributed by atoms with Gasteiger partial charge in [0, 0.05) is 10.2 Å². The number of amides is 2. The van der Waals surface area contributed by atoms with E-state index in [0.29, 0.717) is 20.7 Å². The van der Waals surface area contributed by atoms with Crippen LogP contribution in [0.25, 0.3) is 6.08 Å². The lowest BCUT2D eigenvalue weighted by atomic mass is 10.2. The van der Waals surface area contributed by atoms with E-state index in [2.05, 4.69) is 21.2 Å². The normalized spacial score (nSPS) is 14.6. The number of rotatable bonds is 6. The summed E-state index contributed by atoms with van der Waals surface area (Å²) < 4.78 is 7.09. The zero-order valence-electron chi connectivity index (χ0n) is 18.5. The van der Waals surface area contributed by atoms with Crippen LogP contribution in [0.4, 0.5) is 11.4 Å². The molecule has 2 amide bonds. The monoisotopic (exact) mass is 552 g/mol. The number of nitrogens with one attached hydrogen (secondary N) is 1. The molecule has 0 aromatic heterocycles. The summed E-state index contributed by atoms with van der Waals surface area (Å²) in [6.45, 7) is 3.83. The number of ether oxygens (including phenoxy) is 1. The van der Waals surface area contributed by atoms with Gasteiger partial charge in [0.1, 0.15) is 5.75 Å². The molecule has 8 heteroatoms. The van der Waals surface area contributed by atoms with Gasteiger partial charge in [-0.1, -0.05) is 64.2 Å². The first-order chi connectivity index (χ1) is 16.3. The molecule has 172 valence electrons. The van der Waals surface area contributed by atoms with E-state index in [1.807, 2.05) is 68.4 Å². The lowest BCUT2D eigenvalue weighted by Gasteiger charge is -2.14. The van der Waals surface area contributed by atoms with Crippen molar-refractivity contribution in [1.29, 1.82) is 0 Å². The fourth-order valence-electron chi connectivity index (χ4n) is 3.34. The number of hydrogen-bond donors (Lipinski definition) is 1. The standard InChI is InChI=1S/C26H21BrN2O3S2/c1-16-4-3-5-20(12-16)29-25(31)23(34-26(29)33)14-18-6-9-21(10-7-18)32-15-24(30)28-19-8-11-22(27)17(2)13-19/h3-14H,15H2,1-2H3,(H,28,30)/b23-14-. The maximum absolute atomic E-state index is 12.9.